The highest BCUT2D eigenvalue weighted by atomic mass is 16.1. The van der Waals surface area contributed by atoms with E-state index in [1.54, 1.807) is 18.5 Å². The van der Waals surface area contributed by atoms with Crippen molar-refractivity contribution in [1.82, 2.24) is 15.3 Å². The van der Waals surface area contributed by atoms with Crippen LogP contribution in [-0.2, 0) is 0 Å². The summed E-state index contributed by atoms with van der Waals surface area (Å²) in [7, 11) is 0. The molecule has 3 rings (SSSR count). The molecular formula is C18H15N3O. The molecule has 0 bridgehead atoms. The van der Waals surface area contributed by atoms with E-state index >= 15 is 0 Å². The number of amides is 1. The van der Waals surface area contributed by atoms with Crippen LogP contribution >= 0.6 is 0 Å². The number of carbonyl (C=O) groups is 1. The summed E-state index contributed by atoms with van der Waals surface area (Å²) in [6, 6.07) is 13.2. The number of aromatic nitrogens is 2. The Morgan fingerprint density at radius 2 is 1.95 bits per heavy atom. The van der Waals surface area contributed by atoms with Crippen molar-refractivity contribution in [3.63, 3.8) is 0 Å². The molecule has 2 heterocycles. The van der Waals surface area contributed by atoms with Gasteiger partial charge in [0.1, 0.15) is 0 Å². The number of hydrogen-bond donors (Lipinski definition) is 1. The molecule has 0 aliphatic carbocycles. The first-order valence-corrected chi connectivity index (χ1v) is 6.99. The van der Waals surface area contributed by atoms with E-state index in [9.17, 15) is 4.79 Å². The molecule has 0 unspecified atom stereocenters. The highest BCUT2D eigenvalue weighted by Gasteiger charge is 2.13. The van der Waals surface area contributed by atoms with Gasteiger partial charge in [0.25, 0.3) is 5.91 Å². The zero-order chi connectivity index (χ0) is 15.4. The van der Waals surface area contributed by atoms with Crippen LogP contribution in [-0.4, -0.2) is 22.4 Å². The molecule has 4 nitrogen and oxygen atoms in total. The van der Waals surface area contributed by atoms with Gasteiger partial charge in [-0.1, -0.05) is 24.3 Å². The number of para-hydroxylation sites is 1. The van der Waals surface area contributed by atoms with Crippen molar-refractivity contribution in [1.29, 1.82) is 0 Å². The molecule has 22 heavy (non-hydrogen) atoms. The summed E-state index contributed by atoms with van der Waals surface area (Å²) in [6.45, 7) is 4.05. The number of rotatable bonds is 4. The molecule has 3 aromatic rings. The first-order chi connectivity index (χ1) is 10.8. The smallest absolute Gasteiger partial charge is 0.252 e. The SMILES string of the molecule is C=CCNC(=O)c1cc(-c2ccncc2)nc2ccccc12. The van der Waals surface area contributed by atoms with Gasteiger partial charge in [-0.15, -0.1) is 6.58 Å². The van der Waals surface area contributed by atoms with Crippen molar-refractivity contribution < 1.29 is 4.79 Å². The van der Waals surface area contributed by atoms with Gasteiger partial charge in [0.15, 0.2) is 0 Å². The highest BCUT2D eigenvalue weighted by Crippen LogP contribution is 2.24. The molecule has 1 amide bonds. The van der Waals surface area contributed by atoms with Crippen LogP contribution in [0.15, 0.2) is 67.5 Å². The van der Waals surface area contributed by atoms with Crippen LogP contribution in [0.25, 0.3) is 22.2 Å². The van der Waals surface area contributed by atoms with Gasteiger partial charge in [-0.2, -0.15) is 0 Å². The van der Waals surface area contributed by atoms with E-state index in [-0.39, 0.29) is 5.91 Å². The van der Waals surface area contributed by atoms with E-state index in [4.69, 9.17) is 0 Å². The molecule has 0 aliphatic rings. The monoisotopic (exact) mass is 289 g/mol. The van der Waals surface area contributed by atoms with Crippen LogP contribution in [0, 0.1) is 0 Å². The second-order valence-electron chi connectivity index (χ2n) is 4.81. The summed E-state index contributed by atoms with van der Waals surface area (Å²) >= 11 is 0. The van der Waals surface area contributed by atoms with Gasteiger partial charge in [0.05, 0.1) is 16.8 Å². The zero-order valence-corrected chi connectivity index (χ0v) is 12.0. The van der Waals surface area contributed by atoms with Gasteiger partial charge in [0.2, 0.25) is 0 Å². The van der Waals surface area contributed by atoms with Crippen molar-refractivity contribution in [3.8, 4) is 11.3 Å². The van der Waals surface area contributed by atoms with Crippen LogP contribution in [0.2, 0.25) is 0 Å². The maximum absolute atomic E-state index is 12.4. The molecule has 1 N–H and O–H groups in total. The summed E-state index contributed by atoms with van der Waals surface area (Å²) < 4.78 is 0. The molecule has 0 spiro atoms. The normalized spacial score (nSPS) is 10.4. The molecule has 0 aliphatic heterocycles. The van der Waals surface area contributed by atoms with Crippen molar-refractivity contribution in [3.05, 3.63) is 73.1 Å². The molecule has 1 aromatic carbocycles. The van der Waals surface area contributed by atoms with E-state index in [2.05, 4.69) is 21.9 Å². The lowest BCUT2D eigenvalue weighted by Crippen LogP contribution is -2.23. The number of nitrogens with zero attached hydrogens (tertiary/aromatic N) is 2. The molecule has 0 saturated carbocycles. The van der Waals surface area contributed by atoms with Gasteiger partial charge in [0, 0.05) is 29.9 Å². The molecule has 0 saturated heterocycles. The van der Waals surface area contributed by atoms with E-state index < -0.39 is 0 Å². The largest absolute Gasteiger partial charge is 0.349 e. The van der Waals surface area contributed by atoms with Crippen LogP contribution in [0.4, 0.5) is 0 Å². The van der Waals surface area contributed by atoms with Gasteiger partial charge >= 0.3 is 0 Å². The van der Waals surface area contributed by atoms with Crippen LogP contribution in [0.5, 0.6) is 0 Å². The van der Waals surface area contributed by atoms with Gasteiger partial charge in [-0.3, -0.25) is 9.78 Å². The van der Waals surface area contributed by atoms with Gasteiger partial charge < -0.3 is 5.32 Å². The fourth-order valence-electron chi connectivity index (χ4n) is 2.29. The minimum absolute atomic E-state index is 0.131. The average molecular weight is 289 g/mol. The second kappa shape index (κ2) is 6.18. The molecule has 0 radical (unpaired) electrons. The average Bonchev–Trinajstić information content (AvgIpc) is 2.59. The zero-order valence-electron chi connectivity index (χ0n) is 12.0. The summed E-state index contributed by atoms with van der Waals surface area (Å²) in [4.78, 5) is 21.1. The Morgan fingerprint density at radius 3 is 2.73 bits per heavy atom. The lowest BCUT2D eigenvalue weighted by molar-refractivity contribution is 0.0959. The Labute approximate surface area is 128 Å². The minimum Gasteiger partial charge on any atom is -0.349 e. The molecule has 0 fully saturated rings. The van der Waals surface area contributed by atoms with Crippen molar-refractivity contribution >= 4 is 16.8 Å². The number of benzene rings is 1. The molecule has 108 valence electrons. The quantitative estimate of drug-likeness (QED) is 0.750. The summed E-state index contributed by atoms with van der Waals surface area (Å²) in [5, 5.41) is 3.66. The minimum atomic E-state index is -0.131. The van der Waals surface area contributed by atoms with E-state index in [0.29, 0.717) is 12.1 Å². The van der Waals surface area contributed by atoms with Crippen molar-refractivity contribution in [2.75, 3.05) is 6.54 Å². The standard InChI is InChI=1S/C18H15N3O/c1-2-9-20-18(22)15-12-17(13-7-10-19-11-8-13)21-16-6-4-3-5-14(15)16/h2-8,10-12H,1,9H2,(H,20,22). The summed E-state index contributed by atoms with van der Waals surface area (Å²) in [5.74, 6) is -0.131. The van der Waals surface area contributed by atoms with E-state index in [1.807, 2.05) is 42.5 Å². The maximum Gasteiger partial charge on any atom is 0.252 e. The lowest BCUT2D eigenvalue weighted by Gasteiger charge is -2.09. The van der Waals surface area contributed by atoms with E-state index in [0.717, 1.165) is 22.2 Å². The first kappa shape index (κ1) is 13.9. The Balaban J connectivity index is 2.16. The third kappa shape index (κ3) is 2.72. The Hall–Kier alpha value is -3.01. The third-order valence-corrected chi connectivity index (χ3v) is 3.34. The molecule has 4 heteroatoms. The fraction of sp³-hybridized carbons (Fsp3) is 0.0556. The number of nitrogens with one attached hydrogen (secondary N) is 1. The maximum atomic E-state index is 12.4. The van der Waals surface area contributed by atoms with Crippen LogP contribution in [0.1, 0.15) is 10.4 Å². The predicted octanol–water partition coefficient (Wildman–Crippen LogP) is 3.21. The topological polar surface area (TPSA) is 54.9 Å². The number of hydrogen-bond acceptors (Lipinski definition) is 3. The lowest BCUT2D eigenvalue weighted by atomic mass is 10.0. The third-order valence-electron chi connectivity index (χ3n) is 3.34. The Kier molecular flexibility index (Phi) is 3.92. The first-order valence-electron chi connectivity index (χ1n) is 6.99. The molecular weight excluding hydrogens is 274 g/mol. The van der Waals surface area contributed by atoms with Crippen molar-refractivity contribution in [2.45, 2.75) is 0 Å². The number of fused-ring (bicyclic) bond motifs is 1. The number of pyridine rings is 2. The highest BCUT2D eigenvalue weighted by molar-refractivity contribution is 6.07. The Morgan fingerprint density at radius 1 is 1.18 bits per heavy atom. The second-order valence-corrected chi connectivity index (χ2v) is 4.81. The summed E-state index contributed by atoms with van der Waals surface area (Å²) in [6.07, 6.45) is 5.08. The van der Waals surface area contributed by atoms with Crippen molar-refractivity contribution in [2.24, 2.45) is 0 Å². The van der Waals surface area contributed by atoms with E-state index in [1.165, 1.54) is 0 Å². The predicted molar refractivity (Wildman–Crippen MR) is 87.5 cm³/mol. The van der Waals surface area contributed by atoms with Gasteiger partial charge in [-0.25, -0.2) is 4.98 Å². The number of carbonyl (C=O) groups excluding carboxylic acids is 1. The summed E-state index contributed by atoms with van der Waals surface area (Å²) in [5.41, 5.74) is 3.09. The Bertz CT molecular complexity index is 828. The van der Waals surface area contributed by atoms with Crippen LogP contribution in [0.3, 0.4) is 0 Å². The van der Waals surface area contributed by atoms with Gasteiger partial charge in [-0.05, 0) is 24.3 Å². The molecule has 2 aromatic heterocycles. The molecule has 0 atom stereocenters. The van der Waals surface area contributed by atoms with Crippen LogP contribution < -0.4 is 5.32 Å². The fourth-order valence-corrected chi connectivity index (χ4v) is 2.29.